The third kappa shape index (κ3) is 4.01. The van der Waals surface area contributed by atoms with Crippen molar-refractivity contribution in [3.8, 4) is 11.8 Å². The molecule has 0 N–H and O–H groups in total. The lowest BCUT2D eigenvalue weighted by Crippen LogP contribution is -2.31. The number of aryl methyl sites for hydroxylation is 2. The van der Waals surface area contributed by atoms with Crippen LogP contribution in [0.25, 0.3) is 11.8 Å². The SMILES string of the molecule is CCN(CC)C(=O)/C(C#N)=C\c1cc(C)n(-c2ccc(I)c(C)c2)c1C. The summed E-state index contributed by atoms with van der Waals surface area (Å²) in [7, 11) is 0. The Balaban J connectivity index is 2.51. The van der Waals surface area contributed by atoms with E-state index in [4.69, 9.17) is 0 Å². The molecule has 0 saturated carbocycles. The van der Waals surface area contributed by atoms with Crippen molar-refractivity contribution < 1.29 is 4.79 Å². The van der Waals surface area contributed by atoms with Gasteiger partial charge in [-0.15, -0.1) is 0 Å². The van der Waals surface area contributed by atoms with E-state index in [-0.39, 0.29) is 11.5 Å². The number of carbonyl (C=O) groups is 1. The fourth-order valence-electron chi connectivity index (χ4n) is 3.08. The molecule has 26 heavy (non-hydrogen) atoms. The van der Waals surface area contributed by atoms with Gasteiger partial charge in [-0.2, -0.15) is 5.26 Å². The number of hydrogen-bond acceptors (Lipinski definition) is 2. The topological polar surface area (TPSA) is 49.0 Å². The summed E-state index contributed by atoms with van der Waals surface area (Å²) in [5, 5.41) is 9.48. The van der Waals surface area contributed by atoms with E-state index >= 15 is 0 Å². The van der Waals surface area contributed by atoms with Crippen molar-refractivity contribution in [2.24, 2.45) is 0 Å². The number of aromatic nitrogens is 1. The maximum absolute atomic E-state index is 12.5. The molecule has 0 aliphatic heterocycles. The van der Waals surface area contributed by atoms with Crippen LogP contribution < -0.4 is 0 Å². The molecule has 0 unspecified atom stereocenters. The minimum Gasteiger partial charge on any atom is -0.339 e. The molecule has 4 nitrogen and oxygen atoms in total. The van der Waals surface area contributed by atoms with Crippen LogP contribution in [0.5, 0.6) is 0 Å². The molecule has 0 atom stereocenters. The maximum Gasteiger partial charge on any atom is 0.264 e. The molecule has 0 aliphatic rings. The van der Waals surface area contributed by atoms with Crippen molar-refractivity contribution in [3.63, 3.8) is 0 Å². The van der Waals surface area contributed by atoms with E-state index in [9.17, 15) is 10.1 Å². The van der Waals surface area contributed by atoms with Gasteiger partial charge in [0.25, 0.3) is 5.91 Å². The Bertz CT molecular complexity index is 899. The third-order valence-corrected chi connectivity index (χ3v) is 5.78. The molecule has 2 aromatic rings. The van der Waals surface area contributed by atoms with E-state index < -0.39 is 0 Å². The zero-order chi connectivity index (χ0) is 19.4. The molecule has 0 spiro atoms. The van der Waals surface area contributed by atoms with E-state index in [1.807, 2.05) is 33.8 Å². The molecular formula is C21H24IN3O. The van der Waals surface area contributed by atoms with Crippen LogP contribution >= 0.6 is 22.6 Å². The minimum atomic E-state index is -0.215. The van der Waals surface area contributed by atoms with Crippen molar-refractivity contribution in [1.29, 1.82) is 5.26 Å². The molecule has 0 aliphatic carbocycles. The smallest absolute Gasteiger partial charge is 0.264 e. The van der Waals surface area contributed by atoms with Crippen molar-refractivity contribution >= 4 is 34.6 Å². The summed E-state index contributed by atoms with van der Waals surface area (Å²) in [5.41, 5.74) is 5.47. The van der Waals surface area contributed by atoms with Crippen molar-refractivity contribution in [1.82, 2.24) is 9.47 Å². The molecule has 2 rings (SSSR count). The summed E-state index contributed by atoms with van der Waals surface area (Å²) in [5.74, 6) is -0.215. The monoisotopic (exact) mass is 461 g/mol. The first-order valence-corrected chi connectivity index (χ1v) is 9.78. The van der Waals surface area contributed by atoms with Gasteiger partial charge < -0.3 is 9.47 Å². The average molecular weight is 461 g/mol. The first-order chi connectivity index (χ1) is 12.3. The highest BCUT2D eigenvalue weighted by molar-refractivity contribution is 14.1. The van der Waals surface area contributed by atoms with Gasteiger partial charge in [0, 0.05) is 33.7 Å². The molecule has 1 heterocycles. The summed E-state index contributed by atoms with van der Waals surface area (Å²) in [6.07, 6.45) is 1.71. The highest BCUT2D eigenvalue weighted by atomic mass is 127. The van der Waals surface area contributed by atoms with Gasteiger partial charge in [-0.05, 0) is 98.7 Å². The van der Waals surface area contributed by atoms with Crippen molar-refractivity contribution in [3.05, 3.63) is 55.9 Å². The van der Waals surface area contributed by atoms with Gasteiger partial charge in [-0.25, -0.2) is 0 Å². The lowest BCUT2D eigenvalue weighted by molar-refractivity contribution is -0.126. The third-order valence-electron chi connectivity index (χ3n) is 4.57. The Hall–Kier alpha value is -2.07. The van der Waals surface area contributed by atoms with Gasteiger partial charge in [-0.1, -0.05) is 0 Å². The molecule has 1 aromatic heterocycles. The van der Waals surface area contributed by atoms with Crippen molar-refractivity contribution in [2.75, 3.05) is 13.1 Å². The Morgan fingerprint density at radius 2 is 1.88 bits per heavy atom. The Kier molecular flexibility index (Phi) is 6.65. The van der Waals surface area contributed by atoms with Crippen LogP contribution in [-0.4, -0.2) is 28.5 Å². The lowest BCUT2D eigenvalue weighted by Gasteiger charge is -2.17. The standard InChI is InChI=1S/C21H24IN3O/c1-6-24(7-2)21(26)18(13-23)12-17-11-15(4)25(16(17)5)19-8-9-20(22)14(3)10-19/h8-12H,6-7H2,1-5H3/b18-12-. The zero-order valence-electron chi connectivity index (χ0n) is 15.9. The number of hydrogen-bond donors (Lipinski definition) is 0. The predicted octanol–water partition coefficient (Wildman–Crippen LogP) is 4.78. The van der Waals surface area contributed by atoms with E-state index in [0.717, 1.165) is 22.6 Å². The van der Waals surface area contributed by atoms with E-state index in [2.05, 4.69) is 58.4 Å². The van der Waals surface area contributed by atoms with Crippen LogP contribution in [0, 0.1) is 35.7 Å². The summed E-state index contributed by atoms with van der Waals surface area (Å²) in [4.78, 5) is 14.2. The molecule has 0 bridgehead atoms. The van der Waals surface area contributed by atoms with Crippen LogP contribution in [-0.2, 0) is 4.79 Å². The van der Waals surface area contributed by atoms with Crippen LogP contribution in [0.15, 0.2) is 29.8 Å². The second-order valence-electron chi connectivity index (χ2n) is 6.24. The number of benzene rings is 1. The van der Waals surface area contributed by atoms with E-state index in [0.29, 0.717) is 13.1 Å². The van der Waals surface area contributed by atoms with Gasteiger partial charge in [0.15, 0.2) is 0 Å². The van der Waals surface area contributed by atoms with Gasteiger partial charge in [0.1, 0.15) is 11.6 Å². The van der Waals surface area contributed by atoms with E-state index in [1.54, 1.807) is 11.0 Å². The summed E-state index contributed by atoms with van der Waals surface area (Å²) >= 11 is 2.33. The second kappa shape index (κ2) is 8.54. The summed E-state index contributed by atoms with van der Waals surface area (Å²) in [6, 6.07) is 10.4. The van der Waals surface area contributed by atoms with Crippen LogP contribution in [0.2, 0.25) is 0 Å². The molecule has 1 aromatic carbocycles. The normalized spacial score (nSPS) is 11.3. The molecular weight excluding hydrogens is 437 g/mol. The fourth-order valence-corrected chi connectivity index (χ4v) is 3.41. The average Bonchev–Trinajstić information content (AvgIpc) is 2.89. The van der Waals surface area contributed by atoms with Gasteiger partial charge in [0.2, 0.25) is 0 Å². The number of nitriles is 1. The molecule has 0 fully saturated rings. The summed E-state index contributed by atoms with van der Waals surface area (Å²) < 4.78 is 3.39. The van der Waals surface area contributed by atoms with Crippen LogP contribution in [0.4, 0.5) is 0 Å². The predicted molar refractivity (Wildman–Crippen MR) is 114 cm³/mol. The van der Waals surface area contributed by atoms with Crippen LogP contribution in [0.3, 0.4) is 0 Å². The van der Waals surface area contributed by atoms with Crippen molar-refractivity contribution in [2.45, 2.75) is 34.6 Å². The minimum absolute atomic E-state index is 0.174. The van der Waals surface area contributed by atoms with Gasteiger partial charge in [0.05, 0.1) is 0 Å². The fraction of sp³-hybridized carbons (Fsp3) is 0.333. The molecule has 0 radical (unpaired) electrons. The number of carbonyl (C=O) groups excluding carboxylic acids is 1. The number of rotatable bonds is 5. The highest BCUT2D eigenvalue weighted by Crippen LogP contribution is 2.25. The van der Waals surface area contributed by atoms with Gasteiger partial charge >= 0.3 is 0 Å². The first-order valence-electron chi connectivity index (χ1n) is 8.70. The second-order valence-corrected chi connectivity index (χ2v) is 7.40. The lowest BCUT2D eigenvalue weighted by atomic mass is 10.1. The number of halogens is 1. The Morgan fingerprint density at radius 1 is 1.23 bits per heavy atom. The highest BCUT2D eigenvalue weighted by Gasteiger charge is 2.17. The zero-order valence-corrected chi connectivity index (χ0v) is 18.1. The molecule has 5 heteroatoms. The van der Waals surface area contributed by atoms with Gasteiger partial charge in [-0.3, -0.25) is 4.79 Å². The first kappa shape index (κ1) is 20.2. The maximum atomic E-state index is 12.5. The Morgan fingerprint density at radius 3 is 2.42 bits per heavy atom. The number of likely N-dealkylation sites (N-methyl/N-ethyl adjacent to an activating group) is 1. The Labute approximate surface area is 169 Å². The largest absolute Gasteiger partial charge is 0.339 e. The van der Waals surface area contributed by atoms with E-state index in [1.165, 1.54) is 9.13 Å². The number of amides is 1. The quantitative estimate of drug-likeness (QED) is 0.366. The molecule has 136 valence electrons. The number of nitrogens with zero attached hydrogens (tertiary/aromatic N) is 3. The van der Waals surface area contributed by atoms with Crippen LogP contribution in [0.1, 0.15) is 36.4 Å². The molecule has 0 saturated heterocycles. The molecule has 1 amide bonds. The summed E-state index contributed by atoms with van der Waals surface area (Å²) in [6.45, 7) is 11.2.